The lowest BCUT2D eigenvalue weighted by molar-refractivity contribution is 0.197. The zero-order valence-electron chi connectivity index (χ0n) is 15.9. The van der Waals surface area contributed by atoms with Crippen LogP contribution in [0.4, 0.5) is 5.82 Å². The molecule has 0 atom stereocenters. The van der Waals surface area contributed by atoms with Gasteiger partial charge in [-0.05, 0) is 37.6 Å². The number of ether oxygens (including phenoxy) is 1. The second-order valence-electron chi connectivity index (χ2n) is 6.34. The first-order chi connectivity index (χ1) is 13.5. The Morgan fingerprint density at radius 1 is 1.07 bits per heavy atom. The van der Waals surface area contributed by atoms with Crippen LogP contribution in [0, 0.1) is 6.92 Å². The average Bonchev–Trinajstić information content (AvgIpc) is 3.08. The molecule has 3 aromatic rings. The summed E-state index contributed by atoms with van der Waals surface area (Å²) in [6.07, 6.45) is 1.23. The number of sulfonamides is 1. The predicted molar refractivity (Wildman–Crippen MR) is 106 cm³/mol. The largest absolute Gasteiger partial charge is 0.385 e. The van der Waals surface area contributed by atoms with Crippen molar-refractivity contribution in [3.05, 3.63) is 47.8 Å². The van der Waals surface area contributed by atoms with Crippen LogP contribution < -0.4 is 10.0 Å². The minimum atomic E-state index is -3.56. The van der Waals surface area contributed by atoms with Crippen LogP contribution >= 0.6 is 0 Å². The molecule has 0 aliphatic heterocycles. The van der Waals surface area contributed by atoms with Crippen molar-refractivity contribution in [2.24, 2.45) is 0 Å². The molecule has 0 fully saturated rings. The molecule has 1 aromatic carbocycles. The van der Waals surface area contributed by atoms with Gasteiger partial charge in [-0.15, -0.1) is 15.3 Å². The number of aromatic nitrogens is 4. The van der Waals surface area contributed by atoms with E-state index in [1.807, 2.05) is 19.1 Å². The quantitative estimate of drug-likeness (QED) is 0.492. The second kappa shape index (κ2) is 9.09. The molecule has 28 heavy (non-hydrogen) atoms. The molecule has 2 heterocycles. The number of fused-ring (bicyclic) bond motifs is 1. The number of benzene rings is 1. The Labute approximate surface area is 164 Å². The number of hydrogen-bond donors (Lipinski definition) is 2. The normalized spacial score (nSPS) is 11.8. The summed E-state index contributed by atoms with van der Waals surface area (Å²) >= 11 is 0. The minimum Gasteiger partial charge on any atom is -0.385 e. The average molecular weight is 404 g/mol. The highest BCUT2D eigenvalue weighted by molar-refractivity contribution is 7.89. The van der Waals surface area contributed by atoms with Crippen LogP contribution in [0.1, 0.15) is 17.8 Å². The lowest BCUT2D eigenvalue weighted by Gasteiger charge is -2.07. The molecule has 150 valence electrons. The summed E-state index contributed by atoms with van der Waals surface area (Å²) in [6.45, 7) is 3.52. The summed E-state index contributed by atoms with van der Waals surface area (Å²) in [7, 11) is -1.89. The molecular formula is C18H24N6O3S. The van der Waals surface area contributed by atoms with Crippen LogP contribution in [-0.4, -0.2) is 55.0 Å². The summed E-state index contributed by atoms with van der Waals surface area (Å²) < 4.78 is 34.0. The van der Waals surface area contributed by atoms with Gasteiger partial charge in [0.15, 0.2) is 11.5 Å². The van der Waals surface area contributed by atoms with E-state index in [2.05, 4.69) is 25.3 Å². The molecular weight excluding hydrogens is 380 g/mol. The van der Waals surface area contributed by atoms with Gasteiger partial charge >= 0.3 is 0 Å². The first-order valence-electron chi connectivity index (χ1n) is 9.00. The summed E-state index contributed by atoms with van der Waals surface area (Å²) in [5.41, 5.74) is 1.62. The molecule has 0 bridgehead atoms. The number of rotatable bonds is 10. The number of anilines is 1. The van der Waals surface area contributed by atoms with Crippen molar-refractivity contribution in [2.45, 2.75) is 24.7 Å². The van der Waals surface area contributed by atoms with Gasteiger partial charge in [-0.3, -0.25) is 0 Å². The monoisotopic (exact) mass is 404 g/mol. The van der Waals surface area contributed by atoms with E-state index < -0.39 is 10.0 Å². The lowest BCUT2D eigenvalue weighted by atomic mass is 10.2. The van der Waals surface area contributed by atoms with Gasteiger partial charge < -0.3 is 10.1 Å². The van der Waals surface area contributed by atoms with Gasteiger partial charge in [0.1, 0.15) is 5.82 Å². The molecule has 3 rings (SSSR count). The number of nitrogens with one attached hydrogen (secondary N) is 2. The van der Waals surface area contributed by atoms with Crippen LogP contribution in [0.5, 0.6) is 0 Å². The lowest BCUT2D eigenvalue weighted by Crippen LogP contribution is -2.26. The van der Waals surface area contributed by atoms with Gasteiger partial charge in [0.2, 0.25) is 10.0 Å². The van der Waals surface area contributed by atoms with Crippen LogP contribution in [0.3, 0.4) is 0 Å². The molecule has 10 heteroatoms. The molecule has 2 aromatic heterocycles. The highest BCUT2D eigenvalue weighted by Gasteiger charge is 2.14. The number of hydrogen-bond acceptors (Lipinski definition) is 7. The summed E-state index contributed by atoms with van der Waals surface area (Å²) in [4.78, 5) is 0.241. The van der Waals surface area contributed by atoms with E-state index >= 15 is 0 Å². The van der Waals surface area contributed by atoms with Crippen LogP contribution in [0.25, 0.3) is 5.65 Å². The number of nitrogens with zero attached hydrogens (tertiary/aromatic N) is 4. The van der Waals surface area contributed by atoms with Gasteiger partial charge in [0.25, 0.3) is 0 Å². The summed E-state index contributed by atoms with van der Waals surface area (Å²) in [5, 5.41) is 15.9. The van der Waals surface area contributed by atoms with Gasteiger partial charge in [0, 0.05) is 33.2 Å². The van der Waals surface area contributed by atoms with E-state index in [1.165, 1.54) is 0 Å². The smallest absolute Gasteiger partial charge is 0.240 e. The molecule has 0 radical (unpaired) electrons. The molecule has 0 saturated heterocycles. The van der Waals surface area contributed by atoms with E-state index in [9.17, 15) is 8.42 Å². The first kappa shape index (κ1) is 20.2. The van der Waals surface area contributed by atoms with Gasteiger partial charge in [-0.25, -0.2) is 13.1 Å². The summed E-state index contributed by atoms with van der Waals surface area (Å²) in [6, 6.07) is 10.4. The Morgan fingerprint density at radius 3 is 2.61 bits per heavy atom. The zero-order valence-corrected chi connectivity index (χ0v) is 16.7. The van der Waals surface area contributed by atoms with E-state index in [0.717, 1.165) is 18.5 Å². The van der Waals surface area contributed by atoms with E-state index in [4.69, 9.17) is 4.74 Å². The first-order valence-corrected chi connectivity index (χ1v) is 10.5. The van der Waals surface area contributed by atoms with Crippen molar-refractivity contribution in [3.8, 4) is 0 Å². The molecule has 9 nitrogen and oxygen atoms in total. The molecule has 0 unspecified atom stereocenters. The number of methoxy groups -OCH3 is 1. The van der Waals surface area contributed by atoms with Gasteiger partial charge in [-0.1, -0.05) is 17.7 Å². The fourth-order valence-electron chi connectivity index (χ4n) is 2.61. The van der Waals surface area contributed by atoms with Crippen LogP contribution in [-0.2, 0) is 21.2 Å². The molecule has 2 N–H and O–H groups in total. The fourth-order valence-corrected chi connectivity index (χ4v) is 3.65. The highest BCUT2D eigenvalue weighted by Crippen LogP contribution is 2.11. The van der Waals surface area contributed by atoms with Gasteiger partial charge in [-0.2, -0.15) is 4.52 Å². The van der Waals surface area contributed by atoms with Crippen molar-refractivity contribution in [3.63, 3.8) is 0 Å². The Kier molecular flexibility index (Phi) is 6.55. The van der Waals surface area contributed by atoms with Crippen LogP contribution in [0.2, 0.25) is 0 Å². The van der Waals surface area contributed by atoms with Crippen molar-refractivity contribution in [1.29, 1.82) is 0 Å². The Hall–Kier alpha value is -2.56. The van der Waals surface area contributed by atoms with Gasteiger partial charge in [0.05, 0.1) is 4.90 Å². The SMILES string of the molecule is COCCCNc1ccc2nnc(CCNS(=O)(=O)c3ccc(C)cc3)n2n1. The standard InChI is InChI=1S/C18H24N6O3S/c1-14-4-6-15(7-5-14)28(25,26)20-12-10-18-22-21-17-9-8-16(23-24(17)18)19-11-3-13-27-2/h4-9,20H,3,10-13H2,1-2H3,(H,19,23). The predicted octanol–water partition coefficient (Wildman–Crippen LogP) is 1.40. The Bertz CT molecular complexity index is 1020. The third-order valence-electron chi connectivity index (χ3n) is 4.13. The zero-order chi connectivity index (χ0) is 20.0. The maximum absolute atomic E-state index is 12.4. The Morgan fingerprint density at radius 2 is 1.86 bits per heavy atom. The molecule has 0 aliphatic carbocycles. The maximum Gasteiger partial charge on any atom is 0.240 e. The number of aryl methyl sites for hydroxylation is 1. The molecule has 0 amide bonds. The maximum atomic E-state index is 12.4. The van der Waals surface area contributed by atoms with Crippen molar-refractivity contribution >= 4 is 21.5 Å². The fraction of sp³-hybridized carbons (Fsp3) is 0.389. The molecule has 0 spiro atoms. The second-order valence-corrected chi connectivity index (χ2v) is 8.11. The minimum absolute atomic E-state index is 0.199. The third-order valence-corrected chi connectivity index (χ3v) is 5.61. The van der Waals surface area contributed by atoms with Crippen molar-refractivity contribution in [2.75, 3.05) is 32.1 Å². The summed E-state index contributed by atoms with van der Waals surface area (Å²) in [5.74, 6) is 1.28. The van der Waals surface area contributed by atoms with E-state index in [-0.39, 0.29) is 11.4 Å². The van der Waals surface area contributed by atoms with Crippen molar-refractivity contribution < 1.29 is 13.2 Å². The van der Waals surface area contributed by atoms with E-state index in [0.29, 0.717) is 30.3 Å². The molecule has 0 saturated carbocycles. The van der Waals surface area contributed by atoms with Crippen molar-refractivity contribution in [1.82, 2.24) is 24.5 Å². The topological polar surface area (TPSA) is 111 Å². The van der Waals surface area contributed by atoms with E-state index in [1.54, 1.807) is 35.9 Å². The van der Waals surface area contributed by atoms with Crippen LogP contribution in [0.15, 0.2) is 41.3 Å². The highest BCUT2D eigenvalue weighted by atomic mass is 32.2. The third kappa shape index (κ3) is 5.03. The molecule has 0 aliphatic rings. The Balaban J connectivity index is 1.63.